The predicted molar refractivity (Wildman–Crippen MR) is 76.2 cm³/mol. The Morgan fingerprint density at radius 1 is 1.41 bits per heavy atom. The molecule has 0 aliphatic carbocycles. The van der Waals surface area contributed by atoms with Gasteiger partial charge < -0.3 is 21.4 Å². The average Bonchev–Trinajstić information content (AvgIpc) is 2.93. The van der Waals surface area contributed by atoms with Crippen LogP contribution in [0.2, 0.25) is 0 Å². The molecule has 0 amide bonds. The number of ether oxygens (including phenoxy) is 1. The lowest BCUT2D eigenvalue weighted by Crippen LogP contribution is -2.21. The predicted octanol–water partition coefficient (Wildman–Crippen LogP) is -0.0857. The van der Waals surface area contributed by atoms with Crippen LogP contribution < -0.4 is 16.2 Å². The molecule has 1 heterocycles. The normalized spacial score (nSPS) is 9.27. The minimum Gasteiger partial charge on any atom is -0.492 e. The fraction of sp³-hybridized carbons (Fsp3) is 0.182. The lowest BCUT2D eigenvalue weighted by molar-refractivity contribution is -0.742. The summed E-state index contributed by atoms with van der Waals surface area (Å²) in [5.41, 5.74) is 11.2. The number of hydrogen-bond acceptors (Lipinski definition) is 6. The number of benzene rings is 1. The molecule has 11 heteroatoms. The summed E-state index contributed by atoms with van der Waals surface area (Å²) < 4.78 is 7.24. The highest BCUT2D eigenvalue weighted by Crippen LogP contribution is 2.17. The van der Waals surface area contributed by atoms with Crippen molar-refractivity contribution in [3.8, 4) is 5.75 Å². The van der Waals surface area contributed by atoms with E-state index in [0.717, 1.165) is 5.75 Å². The van der Waals surface area contributed by atoms with Crippen molar-refractivity contribution >= 4 is 11.6 Å². The Kier molecular flexibility index (Phi) is 6.62. The van der Waals surface area contributed by atoms with Crippen molar-refractivity contribution in [2.75, 3.05) is 6.61 Å². The monoisotopic (exact) mass is 309 g/mol. The first-order chi connectivity index (χ1) is 10.5. The van der Waals surface area contributed by atoms with E-state index >= 15 is 0 Å². The van der Waals surface area contributed by atoms with E-state index in [1.54, 1.807) is 23.1 Å². The topological polar surface area (TPSA) is 168 Å². The highest BCUT2D eigenvalue weighted by atomic mass is 16.9. The number of nitrogens with two attached hydrogens (primary N) is 2. The van der Waals surface area contributed by atoms with E-state index in [1.165, 1.54) is 6.33 Å². The Morgan fingerprint density at radius 3 is 2.55 bits per heavy atom. The summed E-state index contributed by atoms with van der Waals surface area (Å²) in [6.45, 7) is 1.17. The molecule has 0 fully saturated rings. The van der Waals surface area contributed by atoms with Crippen molar-refractivity contribution in [3.63, 3.8) is 0 Å². The lowest BCUT2D eigenvalue weighted by atomic mass is 10.3. The number of aromatic nitrogens is 3. The largest absolute Gasteiger partial charge is 0.492 e. The molecule has 0 saturated carbocycles. The smallest absolute Gasteiger partial charge is 0.291 e. The SMILES string of the molecule is NC(N)=Nc1ccc(OCCn2cncn2)cc1.O=[N+]([O-])O. The van der Waals surface area contributed by atoms with Crippen LogP contribution in [-0.4, -0.2) is 37.6 Å². The van der Waals surface area contributed by atoms with Crippen molar-refractivity contribution < 1.29 is 15.0 Å². The molecule has 1 aromatic carbocycles. The fourth-order valence-electron chi connectivity index (χ4n) is 1.37. The van der Waals surface area contributed by atoms with Crippen molar-refractivity contribution in [2.45, 2.75) is 6.54 Å². The van der Waals surface area contributed by atoms with Gasteiger partial charge in [0.2, 0.25) is 0 Å². The summed E-state index contributed by atoms with van der Waals surface area (Å²) in [5.74, 6) is 0.791. The first-order valence-electron chi connectivity index (χ1n) is 5.95. The van der Waals surface area contributed by atoms with Crippen LogP contribution in [0.5, 0.6) is 5.75 Å². The maximum atomic E-state index is 8.36. The van der Waals surface area contributed by atoms with Gasteiger partial charge in [-0.1, -0.05) is 0 Å². The molecule has 11 nitrogen and oxygen atoms in total. The maximum Gasteiger partial charge on any atom is 0.291 e. The van der Waals surface area contributed by atoms with Crippen molar-refractivity contribution in [1.29, 1.82) is 0 Å². The van der Waals surface area contributed by atoms with E-state index in [1.807, 2.05) is 12.1 Å². The Bertz CT molecular complexity index is 589. The van der Waals surface area contributed by atoms with Gasteiger partial charge in [-0.2, -0.15) is 5.10 Å². The van der Waals surface area contributed by atoms with Crippen LogP contribution in [0.25, 0.3) is 0 Å². The summed E-state index contributed by atoms with van der Waals surface area (Å²) in [5, 5.41) is 17.6. The van der Waals surface area contributed by atoms with Gasteiger partial charge in [0, 0.05) is 0 Å². The Labute approximate surface area is 125 Å². The van der Waals surface area contributed by atoms with E-state index in [0.29, 0.717) is 18.8 Å². The molecule has 0 radical (unpaired) electrons. The molecule has 0 aliphatic heterocycles. The molecule has 22 heavy (non-hydrogen) atoms. The summed E-state index contributed by atoms with van der Waals surface area (Å²) in [7, 11) is 0. The van der Waals surface area contributed by atoms with Gasteiger partial charge in [0.1, 0.15) is 25.0 Å². The molecule has 1 aromatic heterocycles. The minimum atomic E-state index is -1.50. The maximum absolute atomic E-state index is 8.36. The van der Waals surface area contributed by atoms with Crippen molar-refractivity contribution in [3.05, 3.63) is 47.0 Å². The third kappa shape index (κ3) is 7.28. The summed E-state index contributed by atoms with van der Waals surface area (Å²) in [4.78, 5) is 16.1. The summed E-state index contributed by atoms with van der Waals surface area (Å²) in [6.07, 6.45) is 3.13. The standard InChI is InChI=1S/C11H14N6O.HNO3/c12-11(13)16-9-1-3-10(4-2-9)18-6-5-17-8-14-7-15-17;2-1(3)4/h1-4,7-8H,5-6H2,(H4,12,13,16);(H,2,3,4). The highest BCUT2D eigenvalue weighted by molar-refractivity contribution is 5.78. The molecular weight excluding hydrogens is 294 g/mol. The van der Waals surface area contributed by atoms with Crippen LogP contribution in [0.15, 0.2) is 41.9 Å². The molecule has 0 spiro atoms. The molecule has 0 bridgehead atoms. The molecule has 5 N–H and O–H groups in total. The van der Waals surface area contributed by atoms with Crippen LogP contribution in [0.3, 0.4) is 0 Å². The number of aliphatic imine (C=N–C) groups is 1. The van der Waals surface area contributed by atoms with Gasteiger partial charge in [-0.3, -0.25) is 0 Å². The van der Waals surface area contributed by atoms with Gasteiger partial charge in [0.15, 0.2) is 5.96 Å². The minimum absolute atomic E-state index is 0.0369. The molecule has 0 atom stereocenters. The van der Waals surface area contributed by atoms with Crippen LogP contribution in [0.1, 0.15) is 0 Å². The molecular formula is C11H15N7O4. The molecule has 0 aliphatic rings. The summed E-state index contributed by atoms with van der Waals surface area (Å²) in [6, 6.07) is 7.18. The lowest BCUT2D eigenvalue weighted by Gasteiger charge is -2.06. The molecule has 2 aromatic rings. The van der Waals surface area contributed by atoms with Crippen molar-refractivity contribution in [2.24, 2.45) is 16.5 Å². The van der Waals surface area contributed by atoms with E-state index in [4.69, 9.17) is 31.5 Å². The molecule has 0 unspecified atom stereocenters. The highest BCUT2D eigenvalue weighted by Gasteiger charge is 1.96. The second-order valence-corrected chi connectivity index (χ2v) is 3.78. The second-order valence-electron chi connectivity index (χ2n) is 3.78. The van der Waals surface area contributed by atoms with Crippen LogP contribution >= 0.6 is 0 Å². The van der Waals surface area contributed by atoms with Gasteiger partial charge in [-0.25, -0.2) is 14.7 Å². The van der Waals surface area contributed by atoms with E-state index in [-0.39, 0.29) is 5.96 Å². The zero-order valence-corrected chi connectivity index (χ0v) is 11.4. The molecule has 0 saturated heterocycles. The van der Waals surface area contributed by atoms with E-state index in [2.05, 4.69) is 15.1 Å². The van der Waals surface area contributed by atoms with Crippen LogP contribution in [-0.2, 0) is 6.54 Å². The molecule has 2 rings (SSSR count). The Balaban J connectivity index is 0.000000541. The summed E-state index contributed by atoms with van der Waals surface area (Å²) >= 11 is 0. The first-order valence-corrected chi connectivity index (χ1v) is 5.95. The van der Waals surface area contributed by atoms with Crippen molar-refractivity contribution in [1.82, 2.24) is 14.8 Å². The van der Waals surface area contributed by atoms with Gasteiger partial charge in [0.25, 0.3) is 5.09 Å². The molecule has 118 valence electrons. The van der Waals surface area contributed by atoms with E-state index in [9.17, 15) is 0 Å². The fourth-order valence-corrected chi connectivity index (χ4v) is 1.37. The van der Waals surface area contributed by atoms with Gasteiger partial charge in [-0.15, -0.1) is 10.1 Å². The van der Waals surface area contributed by atoms with Gasteiger partial charge >= 0.3 is 0 Å². The number of rotatable bonds is 5. The third-order valence-electron chi connectivity index (χ3n) is 2.15. The Hall–Kier alpha value is -3.37. The van der Waals surface area contributed by atoms with Crippen LogP contribution in [0, 0.1) is 10.1 Å². The number of guanidine groups is 1. The number of nitrogens with zero attached hydrogens (tertiary/aromatic N) is 5. The van der Waals surface area contributed by atoms with E-state index < -0.39 is 5.09 Å². The third-order valence-corrected chi connectivity index (χ3v) is 2.15. The van der Waals surface area contributed by atoms with Gasteiger partial charge in [-0.05, 0) is 24.3 Å². The Morgan fingerprint density at radius 2 is 2.05 bits per heavy atom. The first kappa shape index (κ1) is 16.7. The zero-order valence-electron chi connectivity index (χ0n) is 11.4. The zero-order chi connectivity index (χ0) is 16.4. The second kappa shape index (κ2) is 8.73. The van der Waals surface area contributed by atoms with Crippen LogP contribution in [0.4, 0.5) is 5.69 Å². The van der Waals surface area contributed by atoms with Gasteiger partial charge in [0.05, 0.1) is 12.2 Å². The quantitative estimate of drug-likeness (QED) is 0.298. The number of hydrogen-bond donors (Lipinski definition) is 3. The average molecular weight is 309 g/mol.